The quantitative estimate of drug-likeness (QED) is 0.443. The Morgan fingerprint density at radius 1 is 1.07 bits per heavy atom. The second-order valence-corrected chi connectivity index (χ2v) is 13.9. The molecule has 0 saturated heterocycles. The van der Waals surface area contributed by atoms with Crippen molar-refractivity contribution >= 4 is 16.6 Å². The van der Waals surface area contributed by atoms with E-state index in [2.05, 4.69) is 39.7 Å². The summed E-state index contributed by atoms with van der Waals surface area (Å²) in [5.41, 5.74) is 2.05. The fourth-order valence-electron chi connectivity index (χ4n) is 1.78. The van der Waals surface area contributed by atoms with Crippen molar-refractivity contribution in [3.05, 3.63) is 12.3 Å². The molecule has 0 aromatic heterocycles. The second kappa shape index (κ2) is 6.66. The highest BCUT2D eigenvalue weighted by atomic mass is 28.4. The van der Waals surface area contributed by atoms with Crippen LogP contribution in [0.25, 0.3) is 0 Å². The van der Waals surface area contributed by atoms with Crippen molar-refractivity contribution in [3.8, 4) is 0 Å². The molecule has 0 spiro atoms. The predicted octanol–water partition coefficient (Wildman–Crippen LogP) is 4.72. The van der Waals surface area contributed by atoms with Crippen LogP contribution in [0.15, 0.2) is 12.3 Å². The van der Waals surface area contributed by atoms with E-state index in [1.54, 1.807) is 0 Å². The van der Waals surface area contributed by atoms with E-state index < -0.39 is 16.6 Å². The fraction of sp³-hybridized carbons (Fsp3) is 0.833. The zero-order chi connectivity index (χ0) is 11.9. The lowest BCUT2D eigenvalue weighted by molar-refractivity contribution is 0.544. The number of rotatable bonds is 8. The van der Waals surface area contributed by atoms with Gasteiger partial charge >= 0.3 is 0 Å². The van der Waals surface area contributed by atoms with Crippen molar-refractivity contribution in [1.82, 2.24) is 0 Å². The number of unbranched alkanes of at least 4 members (excludes halogenated alkanes) is 3. The van der Waals surface area contributed by atoms with Gasteiger partial charge in [-0.1, -0.05) is 38.3 Å². The summed E-state index contributed by atoms with van der Waals surface area (Å²) >= 11 is 0. The summed E-state index contributed by atoms with van der Waals surface area (Å²) in [6.07, 6.45) is 5.39. The van der Waals surface area contributed by atoms with Gasteiger partial charge in [0, 0.05) is 0 Å². The minimum absolute atomic E-state index is 1.30. The molecular formula is C12H28OSi2. The van der Waals surface area contributed by atoms with E-state index in [0.29, 0.717) is 0 Å². The highest BCUT2D eigenvalue weighted by molar-refractivity contribution is 6.87. The molecule has 0 atom stereocenters. The third-order valence-corrected chi connectivity index (χ3v) is 9.52. The molecule has 0 aliphatic heterocycles. The molecule has 0 aromatic rings. The van der Waals surface area contributed by atoms with Crippen molar-refractivity contribution in [2.75, 3.05) is 0 Å². The van der Waals surface area contributed by atoms with Gasteiger partial charge in [0.05, 0.1) is 0 Å². The Kier molecular flexibility index (Phi) is 6.72. The zero-order valence-corrected chi connectivity index (χ0v) is 13.2. The van der Waals surface area contributed by atoms with Crippen LogP contribution in [0.2, 0.25) is 32.2 Å². The van der Waals surface area contributed by atoms with Crippen LogP contribution in [-0.2, 0) is 4.12 Å². The van der Waals surface area contributed by atoms with Gasteiger partial charge < -0.3 is 4.12 Å². The maximum absolute atomic E-state index is 6.31. The average molecular weight is 245 g/mol. The van der Waals surface area contributed by atoms with E-state index in [1.807, 2.05) is 5.70 Å². The van der Waals surface area contributed by atoms with Crippen molar-refractivity contribution in [3.63, 3.8) is 0 Å². The molecule has 0 aromatic carbocycles. The Bertz CT molecular complexity index is 188. The summed E-state index contributed by atoms with van der Waals surface area (Å²) in [7, 11) is -2.97. The molecule has 90 valence electrons. The van der Waals surface area contributed by atoms with E-state index in [1.165, 1.54) is 31.7 Å². The molecule has 1 nitrogen and oxygen atoms in total. The lowest BCUT2D eigenvalue weighted by atomic mass is 10.2. The van der Waals surface area contributed by atoms with Crippen LogP contribution in [0.3, 0.4) is 0 Å². The molecule has 0 unspecified atom stereocenters. The third-order valence-electron chi connectivity index (χ3n) is 2.66. The molecule has 0 aliphatic carbocycles. The summed E-state index contributed by atoms with van der Waals surface area (Å²) in [5, 5.41) is 0. The molecule has 0 N–H and O–H groups in total. The van der Waals surface area contributed by atoms with Gasteiger partial charge in [0.1, 0.15) is 0 Å². The highest BCUT2D eigenvalue weighted by Gasteiger charge is 2.30. The monoisotopic (exact) mass is 244 g/mol. The molecule has 0 saturated carbocycles. The molecule has 0 heterocycles. The first-order chi connectivity index (χ1) is 6.83. The standard InChI is InChI=1S/C12H28OSi2/c1-7-9-10-11-12-15(5,6)13-14(3,4)8-2/h8H,2,7,9-12H2,1,3-6H3. The second-order valence-electron chi connectivity index (χ2n) is 5.48. The maximum Gasteiger partial charge on any atom is 0.197 e. The summed E-state index contributed by atoms with van der Waals surface area (Å²) in [6, 6.07) is 1.30. The topological polar surface area (TPSA) is 9.23 Å². The van der Waals surface area contributed by atoms with Gasteiger partial charge in [0.2, 0.25) is 0 Å². The smallest absolute Gasteiger partial charge is 0.197 e. The lowest BCUT2D eigenvalue weighted by Gasteiger charge is -2.32. The number of hydrogen-bond acceptors (Lipinski definition) is 1. The summed E-state index contributed by atoms with van der Waals surface area (Å²) < 4.78 is 6.31. The van der Waals surface area contributed by atoms with Gasteiger partial charge in [-0.05, 0) is 32.2 Å². The van der Waals surface area contributed by atoms with Gasteiger partial charge in [0.25, 0.3) is 0 Å². The highest BCUT2D eigenvalue weighted by Crippen LogP contribution is 2.21. The first-order valence-corrected chi connectivity index (χ1v) is 12.3. The van der Waals surface area contributed by atoms with E-state index >= 15 is 0 Å². The van der Waals surface area contributed by atoms with Crippen LogP contribution in [0.4, 0.5) is 0 Å². The van der Waals surface area contributed by atoms with Gasteiger partial charge in [0.15, 0.2) is 16.6 Å². The van der Waals surface area contributed by atoms with Crippen molar-refractivity contribution in [2.45, 2.75) is 64.8 Å². The van der Waals surface area contributed by atoms with E-state index in [-0.39, 0.29) is 0 Å². The molecule has 0 rings (SSSR count). The first-order valence-electron chi connectivity index (χ1n) is 6.17. The van der Waals surface area contributed by atoms with Crippen LogP contribution in [0.5, 0.6) is 0 Å². The van der Waals surface area contributed by atoms with E-state index in [0.717, 1.165) is 0 Å². The largest absolute Gasteiger partial charge is 0.453 e. The Morgan fingerprint density at radius 3 is 2.13 bits per heavy atom. The van der Waals surface area contributed by atoms with Crippen LogP contribution in [0, 0.1) is 0 Å². The summed E-state index contributed by atoms with van der Waals surface area (Å²) in [5.74, 6) is 0. The SMILES string of the molecule is C=C[Si](C)(C)O[Si](C)(C)CCCCCC. The zero-order valence-electron chi connectivity index (χ0n) is 11.2. The van der Waals surface area contributed by atoms with Gasteiger partial charge in [-0.2, -0.15) is 0 Å². The third kappa shape index (κ3) is 7.99. The molecule has 0 bridgehead atoms. The predicted molar refractivity (Wildman–Crippen MR) is 75.2 cm³/mol. The molecule has 3 heteroatoms. The Morgan fingerprint density at radius 2 is 1.67 bits per heavy atom. The molecule has 0 amide bonds. The molecule has 0 fully saturated rings. The van der Waals surface area contributed by atoms with Gasteiger partial charge in [-0.3, -0.25) is 0 Å². The van der Waals surface area contributed by atoms with Crippen LogP contribution in [0.1, 0.15) is 32.6 Å². The van der Waals surface area contributed by atoms with Crippen molar-refractivity contribution in [1.29, 1.82) is 0 Å². The van der Waals surface area contributed by atoms with E-state index in [4.69, 9.17) is 4.12 Å². The van der Waals surface area contributed by atoms with Crippen molar-refractivity contribution in [2.24, 2.45) is 0 Å². The van der Waals surface area contributed by atoms with Crippen molar-refractivity contribution < 1.29 is 4.12 Å². The average Bonchev–Trinajstić information content (AvgIpc) is 2.11. The first kappa shape index (κ1) is 15.1. The van der Waals surface area contributed by atoms with Crippen LogP contribution < -0.4 is 0 Å². The number of hydrogen-bond donors (Lipinski definition) is 0. The van der Waals surface area contributed by atoms with Gasteiger partial charge in [-0.15, -0.1) is 6.58 Å². The van der Waals surface area contributed by atoms with Crippen LogP contribution >= 0.6 is 0 Å². The van der Waals surface area contributed by atoms with Crippen LogP contribution in [-0.4, -0.2) is 16.6 Å². The molecule has 0 aliphatic rings. The Labute approximate surface area is 98.2 Å². The normalized spacial score (nSPS) is 12.9. The Hall–Kier alpha value is 0.134. The fourth-order valence-corrected chi connectivity index (χ4v) is 9.32. The summed E-state index contributed by atoms with van der Waals surface area (Å²) in [4.78, 5) is 0. The lowest BCUT2D eigenvalue weighted by Crippen LogP contribution is -2.43. The Balaban J connectivity index is 3.91. The maximum atomic E-state index is 6.31. The summed E-state index contributed by atoms with van der Waals surface area (Å²) in [6.45, 7) is 15.3. The minimum atomic E-state index is -1.56. The minimum Gasteiger partial charge on any atom is -0.453 e. The molecular weight excluding hydrogens is 216 g/mol. The van der Waals surface area contributed by atoms with E-state index in [9.17, 15) is 0 Å². The van der Waals surface area contributed by atoms with Gasteiger partial charge in [-0.25, -0.2) is 0 Å². The molecule has 0 radical (unpaired) electrons. The molecule has 15 heavy (non-hydrogen) atoms.